The Kier molecular flexibility index (Phi) is 7.90. The second kappa shape index (κ2) is 10.6. The van der Waals surface area contributed by atoms with Crippen LogP contribution in [0, 0.1) is 11.8 Å². The molecule has 0 aliphatic carbocycles. The van der Waals surface area contributed by atoms with E-state index in [1.165, 1.54) is 18.4 Å². The van der Waals surface area contributed by atoms with Gasteiger partial charge in [-0.1, -0.05) is 37.3 Å². The number of piperidine rings is 2. The molecule has 0 aromatic heterocycles. The molecule has 0 radical (unpaired) electrons. The Bertz CT molecular complexity index is 620. The Labute approximate surface area is 169 Å². The van der Waals surface area contributed by atoms with Crippen molar-refractivity contribution in [2.45, 2.75) is 57.9 Å². The highest BCUT2D eigenvalue weighted by Gasteiger charge is 2.26. The third-order valence-corrected chi connectivity index (χ3v) is 6.33. The molecule has 2 unspecified atom stereocenters. The van der Waals surface area contributed by atoms with Crippen molar-refractivity contribution in [3.8, 4) is 0 Å². The number of carbonyl (C=O) groups excluding carboxylic acids is 2. The van der Waals surface area contributed by atoms with E-state index >= 15 is 0 Å². The lowest BCUT2D eigenvalue weighted by molar-refractivity contribution is -0.132. The molecule has 5 nitrogen and oxygen atoms in total. The normalized spacial score (nSPS) is 21.9. The average molecular weight is 386 g/mol. The van der Waals surface area contributed by atoms with E-state index in [9.17, 15) is 9.59 Å². The SMILES string of the molecule is CC(CC(=O)NC1CCN(C(=O)CCc2ccccc2)CC1)C1CCCNC1. The van der Waals surface area contributed by atoms with Crippen molar-refractivity contribution in [1.82, 2.24) is 15.5 Å². The van der Waals surface area contributed by atoms with E-state index in [1.807, 2.05) is 23.1 Å². The fourth-order valence-corrected chi connectivity index (χ4v) is 4.44. The molecule has 1 aromatic rings. The summed E-state index contributed by atoms with van der Waals surface area (Å²) < 4.78 is 0. The monoisotopic (exact) mass is 385 g/mol. The van der Waals surface area contributed by atoms with E-state index in [1.54, 1.807) is 0 Å². The summed E-state index contributed by atoms with van der Waals surface area (Å²) in [6.07, 6.45) is 6.14. The Morgan fingerprint density at radius 1 is 1.18 bits per heavy atom. The lowest BCUT2D eigenvalue weighted by Gasteiger charge is -2.33. The summed E-state index contributed by atoms with van der Waals surface area (Å²) in [6, 6.07) is 10.4. The molecular weight excluding hydrogens is 350 g/mol. The number of nitrogens with one attached hydrogen (secondary N) is 2. The summed E-state index contributed by atoms with van der Waals surface area (Å²) in [6.45, 7) is 5.85. The molecule has 2 aliphatic heterocycles. The Morgan fingerprint density at radius 2 is 1.93 bits per heavy atom. The van der Waals surface area contributed by atoms with Gasteiger partial charge in [-0.25, -0.2) is 0 Å². The van der Waals surface area contributed by atoms with E-state index in [4.69, 9.17) is 0 Å². The van der Waals surface area contributed by atoms with Crippen LogP contribution in [0.1, 0.15) is 51.0 Å². The quantitative estimate of drug-likeness (QED) is 0.759. The second-order valence-corrected chi connectivity index (χ2v) is 8.50. The van der Waals surface area contributed by atoms with Gasteiger partial charge in [-0.05, 0) is 62.6 Å². The summed E-state index contributed by atoms with van der Waals surface area (Å²) >= 11 is 0. The Balaban J connectivity index is 1.34. The first-order valence-electron chi connectivity index (χ1n) is 10.9. The highest BCUT2D eigenvalue weighted by molar-refractivity contribution is 5.77. The first kappa shape index (κ1) is 20.8. The van der Waals surface area contributed by atoms with Crippen molar-refractivity contribution in [3.05, 3.63) is 35.9 Å². The number of rotatable bonds is 7. The minimum absolute atomic E-state index is 0.173. The van der Waals surface area contributed by atoms with Gasteiger partial charge in [0, 0.05) is 32.0 Å². The van der Waals surface area contributed by atoms with Crippen LogP contribution in [-0.2, 0) is 16.0 Å². The second-order valence-electron chi connectivity index (χ2n) is 8.50. The molecule has 154 valence electrons. The van der Waals surface area contributed by atoms with Gasteiger partial charge in [-0.3, -0.25) is 9.59 Å². The van der Waals surface area contributed by atoms with E-state index < -0.39 is 0 Å². The molecule has 2 atom stereocenters. The zero-order valence-corrected chi connectivity index (χ0v) is 17.2. The number of benzene rings is 1. The predicted octanol–water partition coefficient (Wildman–Crippen LogP) is 2.75. The minimum atomic E-state index is 0.173. The van der Waals surface area contributed by atoms with Crippen LogP contribution < -0.4 is 10.6 Å². The average Bonchev–Trinajstić information content (AvgIpc) is 2.74. The first-order chi connectivity index (χ1) is 13.6. The first-order valence-corrected chi connectivity index (χ1v) is 10.9. The van der Waals surface area contributed by atoms with Crippen molar-refractivity contribution in [2.24, 2.45) is 11.8 Å². The van der Waals surface area contributed by atoms with Crippen LogP contribution >= 0.6 is 0 Å². The van der Waals surface area contributed by atoms with E-state index in [0.717, 1.165) is 45.4 Å². The standard InChI is InChI=1S/C23H35N3O2/c1-18(20-8-5-13-24-17-20)16-22(27)25-21-11-14-26(15-12-21)23(28)10-9-19-6-3-2-4-7-19/h2-4,6-7,18,20-21,24H,5,8-17H2,1H3,(H,25,27). The van der Waals surface area contributed by atoms with Crippen molar-refractivity contribution >= 4 is 11.8 Å². The fourth-order valence-electron chi connectivity index (χ4n) is 4.44. The lowest BCUT2D eigenvalue weighted by atomic mass is 9.85. The van der Waals surface area contributed by atoms with Gasteiger partial charge in [0.2, 0.25) is 11.8 Å². The predicted molar refractivity (Wildman–Crippen MR) is 112 cm³/mol. The van der Waals surface area contributed by atoms with Gasteiger partial charge in [0.1, 0.15) is 0 Å². The van der Waals surface area contributed by atoms with Gasteiger partial charge >= 0.3 is 0 Å². The van der Waals surface area contributed by atoms with E-state index in [-0.39, 0.29) is 17.9 Å². The molecule has 2 N–H and O–H groups in total. The van der Waals surface area contributed by atoms with Gasteiger partial charge in [0.05, 0.1) is 0 Å². The van der Waals surface area contributed by atoms with Crippen molar-refractivity contribution in [2.75, 3.05) is 26.2 Å². The van der Waals surface area contributed by atoms with E-state index in [2.05, 4.69) is 29.7 Å². The van der Waals surface area contributed by atoms with Crippen LogP contribution in [0.3, 0.4) is 0 Å². The largest absolute Gasteiger partial charge is 0.353 e. The molecule has 3 rings (SSSR count). The molecule has 5 heteroatoms. The molecule has 0 saturated carbocycles. The summed E-state index contributed by atoms with van der Waals surface area (Å²) in [5.74, 6) is 1.44. The van der Waals surface area contributed by atoms with Crippen LogP contribution in [0.5, 0.6) is 0 Å². The van der Waals surface area contributed by atoms with Crippen LogP contribution in [0.2, 0.25) is 0 Å². The summed E-state index contributed by atoms with van der Waals surface area (Å²) in [7, 11) is 0. The molecule has 2 aliphatic rings. The van der Waals surface area contributed by atoms with Gasteiger partial charge < -0.3 is 15.5 Å². The molecule has 2 amide bonds. The summed E-state index contributed by atoms with van der Waals surface area (Å²) in [5.41, 5.74) is 1.21. The molecule has 2 heterocycles. The van der Waals surface area contributed by atoms with Crippen LogP contribution in [-0.4, -0.2) is 48.9 Å². The number of likely N-dealkylation sites (tertiary alicyclic amines) is 1. The number of aryl methyl sites for hydroxylation is 1. The fraction of sp³-hybridized carbons (Fsp3) is 0.652. The van der Waals surface area contributed by atoms with Crippen LogP contribution in [0.15, 0.2) is 30.3 Å². The third kappa shape index (κ3) is 6.33. The highest BCUT2D eigenvalue weighted by atomic mass is 16.2. The lowest BCUT2D eigenvalue weighted by Crippen LogP contribution is -2.47. The zero-order chi connectivity index (χ0) is 19.8. The topological polar surface area (TPSA) is 61.4 Å². The third-order valence-electron chi connectivity index (χ3n) is 6.33. The van der Waals surface area contributed by atoms with E-state index in [0.29, 0.717) is 24.7 Å². The maximum absolute atomic E-state index is 12.5. The molecule has 2 saturated heterocycles. The Hall–Kier alpha value is -1.88. The maximum Gasteiger partial charge on any atom is 0.222 e. The molecule has 1 aromatic carbocycles. The number of amides is 2. The summed E-state index contributed by atoms with van der Waals surface area (Å²) in [4.78, 5) is 26.8. The highest BCUT2D eigenvalue weighted by Crippen LogP contribution is 2.22. The number of nitrogens with zero attached hydrogens (tertiary/aromatic N) is 1. The van der Waals surface area contributed by atoms with Gasteiger partial charge in [0.25, 0.3) is 0 Å². The van der Waals surface area contributed by atoms with Gasteiger partial charge in [-0.15, -0.1) is 0 Å². The summed E-state index contributed by atoms with van der Waals surface area (Å²) in [5, 5.41) is 6.65. The van der Waals surface area contributed by atoms with Gasteiger partial charge in [-0.2, -0.15) is 0 Å². The maximum atomic E-state index is 12.5. The van der Waals surface area contributed by atoms with Crippen LogP contribution in [0.4, 0.5) is 0 Å². The molecular formula is C23H35N3O2. The molecule has 2 fully saturated rings. The molecule has 0 bridgehead atoms. The van der Waals surface area contributed by atoms with Gasteiger partial charge in [0.15, 0.2) is 0 Å². The van der Waals surface area contributed by atoms with Crippen LogP contribution in [0.25, 0.3) is 0 Å². The zero-order valence-electron chi connectivity index (χ0n) is 17.2. The Morgan fingerprint density at radius 3 is 2.61 bits per heavy atom. The molecule has 28 heavy (non-hydrogen) atoms. The number of hydrogen-bond acceptors (Lipinski definition) is 3. The van der Waals surface area contributed by atoms with Crippen molar-refractivity contribution in [1.29, 1.82) is 0 Å². The van der Waals surface area contributed by atoms with Crippen molar-refractivity contribution < 1.29 is 9.59 Å². The molecule has 0 spiro atoms. The number of hydrogen-bond donors (Lipinski definition) is 2. The number of carbonyl (C=O) groups is 2. The smallest absolute Gasteiger partial charge is 0.222 e. The van der Waals surface area contributed by atoms with Crippen molar-refractivity contribution in [3.63, 3.8) is 0 Å². The minimum Gasteiger partial charge on any atom is -0.353 e.